The minimum atomic E-state index is -1.17. The first kappa shape index (κ1) is 31.6. The first-order valence-electron chi connectivity index (χ1n) is 13.5. The number of hydrogen-bond acceptors (Lipinski definition) is 5. The zero-order valence-electron chi connectivity index (χ0n) is 23.6. The number of halogens is 3. The second kappa shape index (κ2) is 14.7. The molecule has 0 spiro atoms. The van der Waals surface area contributed by atoms with Crippen LogP contribution in [0.15, 0.2) is 60.7 Å². The molecule has 6 nitrogen and oxygen atoms in total. The van der Waals surface area contributed by atoms with Crippen LogP contribution in [0.1, 0.15) is 28.7 Å². The summed E-state index contributed by atoms with van der Waals surface area (Å²) in [5.74, 6) is 0.183. The van der Waals surface area contributed by atoms with Gasteiger partial charge in [-0.15, -0.1) is 0 Å². The maximum absolute atomic E-state index is 15.5. The van der Waals surface area contributed by atoms with E-state index in [-0.39, 0.29) is 24.4 Å². The van der Waals surface area contributed by atoms with Crippen molar-refractivity contribution in [3.8, 4) is 5.75 Å². The molecule has 41 heavy (non-hydrogen) atoms. The molecule has 0 aliphatic carbocycles. The van der Waals surface area contributed by atoms with Crippen molar-refractivity contribution in [3.05, 3.63) is 98.8 Å². The summed E-state index contributed by atoms with van der Waals surface area (Å²) in [6.45, 7) is 1.93. The minimum Gasteiger partial charge on any atom is -0.494 e. The Morgan fingerprint density at radius 3 is 2.49 bits per heavy atom. The van der Waals surface area contributed by atoms with Gasteiger partial charge in [0.05, 0.1) is 24.1 Å². The van der Waals surface area contributed by atoms with E-state index in [0.29, 0.717) is 47.3 Å². The molecule has 0 N–H and O–H groups in total. The van der Waals surface area contributed by atoms with E-state index in [1.807, 2.05) is 56.6 Å². The molecule has 0 amide bonds. The Hall–Kier alpha value is -2.33. The highest BCUT2D eigenvalue weighted by Crippen LogP contribution is 2.30. The van der Waals surface area contributed by atoms with Gasteiger partial charge in [-0.3, -0.25) is 4.90 Å². The summed E-state index contributed by atoms with van der Waals surface area (Å²) in [7, 11) is 4.31. The van der Waals surface area contributed by atoms with Crippen LogP contribution < -0.4 is 4.74 Å². The van der Waals surface area contributed by atoms with E-state index in [1.54, 1.807) is 10.4 Å². The summed E-state index contributed by atoms with van der Waals surface area (Å²) < 4.78 is 35.0. The first-order valence-corrected chi connectivity index (χ1v) is 15.5. The van der Waals surface area contributed by atoms with Crippen LogP contribution >= 0.6 is 23.2 Å². The number of hydrogen-bond donors (Lipinski definition) is 0. The van der Waals surface area contributed by atoms with Crippen molar-refractivity contribution in [3.63, 3.8) is 0 Å². The van der Waals surface area contributed by atoms with Gasteiger partial charge in [-0.2, -0.15) is 0 Å². The van der Waals surface area contributed by atoms with Gasteiger partial charge < -0.3 is 14.4 Å². The zero-order valence-corrected chi connectivity index (χ0v) is 25.9. The molecule has 1 fully saturated rings. The Kier molecular flexibility index (Phi) is 11.3. The van der Waals surface area contributed by atoms with Crippen molar-refractivity contribution in [1.82, 2.24) is 14.1 Å². The maximum Gasteiger partial charge on any atom is 0.171 e. The molecule has 2 unspecified atom stereocenters. The summed E-state index contributed by atoms with van der Waals surface area (Å²) in [5.41, 5.74) is 3.49. The number of aldehydes is 1. The minimum absolute atomic E-state index is 0.00188. The van der Waals surface area contributed by atoms with E-state index in [0.717, 1.165) is 29.5 Å². The van der Waals surface area contributed by atoms with E-state index in [1.165, 1.54) is 13.2 Å². The van der Waals surface area contributed by atoms with Crippen LogP contribution in [-0.4, -0.2) is 70.2 Å². The molecule has 1 aliphatic rings. The van der Waals surface area contributed by atoms with Gasteiger partial charge in [-0.05, 0) is 67.9 Å². The van der Waals surface area contributed by atoms with Gasteiger partial charge in [0.1, 0.15) is 6.29 Å². The molecule has 4 rings (SSSR count). The summed E-state index contributed by atoms with van der Waals surface area (Å²) >= 11 is 12.7. The Balaban J connectivity index is 1.67. The molecular weight excluding hydrogens is 584 g/mol. The molecular formula is C31H36Cl2FN3O3S. The molecule has 3 aromatic carbocycles. The largest absolute Gasteiger partial charge is 0.494 e. The second-order valence-electron chi connectivity index (χ2n) is 10.6. The van der Waals surface area contributed by atoms with E-state index >= 15 is 4.39 Å². The fourth-order valence-corrected chi connectivity index (χ4v) is 6.98. The van der Waals surface area contributed by atoms with Crippen molar-refractivity contribution in [2.45, 2.75) is 44.6 Å². The van der Waals surface area contributed by atoms with Gasteiger partial charge in [0.25, 0.3) is 0 Å². The van der Waals surface area contributed by atoms with Gasteiger partial charge in [0, 0.05) is 53.6 Å². The quantitative estimate of drug-likeness (QED) is 0.228. The second-order valence-corrected chi connectivity index (χ2v) is 13.0. The molecule has 3 atom stereocenters. The predicted octanol–water partition coefficient (Wildman–Crippen LogP) is 5.75. The zero-order chi connectivity index (χ0) is 29.5. The maximum atomic E-state index is 15.5. The Morgan fingerprint density at radius 2 is 1.80 bits per heavy atom. The lowest BCUT2D eigenvalue weighted by Gasteiger charge is -2.34. The van der Waals surface area contributed by atoms with Crippen molar-refractivity contribution >= 4 is 40.5 Å². The average Bonchev–Trinajstić information content (AvgIpc) is 3.30. The summed E-state index contributed by atoms with van der Waals surface area (Å²) in [6.07, 6.45) is 2.20. The molecule has 3 aromatic rings. The van der Waals surface area contributed by atoms with E-state index in [9.17, 15) is 9.00 Å². The number of methoxy groups -OCH3 is 1. The van der Waals surface area contributed by atoms with Gasteiger partial charge in [0.2, 0.25) is 0 Å². The number of benzene rings is 3. The van der Waals surface area contributed by atoms with Gasteiger partial charge in [0.15, 0.2) is 11.6 Å². The fraction of sp³-hybridized carbons (Fsp3) is 0.387. The number of ether oxygens (including phenoxy) is 1. The molecule has 1 saturated heterocycles. The molecule has 0 saturated carbocycles. The van der Waals surface area contributed by atoms with Crippen LogP contribution in [0.2, 0.25) is 10.0 Å². The topological polar surface area (TPSA) is 53.1 Å². The highest BCUT2D eigenvalue weighted by molar-refractivity contribution is 7.82. The third-order valence-corrected chi connectivity index (χ3v) is 9.41. The third-order valence-electron chi connectivity index (χ3n) is 7.30. The van der Waals surface area contributed by atoms with E-state index in [4.69, 9.17) is 27.9 Å². The smallest absolute Gasteiger partial charge is 0.171 e. The lowest BCUT2D eigenvalue weighted by atomic mass is 10.0. The average molecular weight is 621 g/mol. The summed E-state index contributed by atoms with van der Waals surface area (Å²) in [6, 6.07) is 18.7. The molecule has 0 bridgehead atoms. The third kappa shape index (κ3) is 8.37. The number of nitrogens with zero attached hydrogens (tertiary/aromatic N) is 3. The van der Waals surface area contributed by atoms with E-state index < -0.39 is 16.8 Å². The molecule has 0 aromatic heterocycles. The first-order chi connectivity index (χ1) is 19.7. The Labute approximate surface area is 254 Å². The number of likely N-dealkylation sites (N-methyl/N-ethyl adjacent to an activating group) is 1. The van der Waals surface area contributed by atoms with Crippen LogP contribution in [0.5, 0.6) is 5.75 Å². The number of carbonyl (C=O) groups excluding carboxylic acids is 1. The van der Waals surface area contributed by atoms with Crippen LogP contribution in [0.4, 0.5) is 4.39 Å². The van der Waals surface area contributed by atoms with Crippen LogP contribution in [0.25, 0.3) is 0 Å². The van der Waals surface area contributed by atoms with Crippen molar-refractivity contribution in [2.75, 3.05) is 33.5 Å². The van der Waals surface area contributed by atoms with Crippen LogP contribution in [0, 0.1) is 5.82 Å². The Morgan fingerprint density at radius 1 is 1.07 bits per heavy atom. The summed E-state index contributed by atoms with van der Waals surface area (Å²) in [4.78, 5) is 15.9. The molecule has 1 aliphatic heterocycles. The van der Waals surface area contributed by atoms with Crippen molar-refractivity contribution in [1.29, 1.82) is 0 Å². The Bertz CT molecular complexity index is 1360. The number of rotatable bonds is 13. The molecule has 1 heterocycles. The van der Waals surface area contributed by atoms with Crippen LogP contribution in [-0.2, 0) is 41.8 Å². The fourth-order valence-electron chi connectivity index (χ4n) is 5.22. The van der Waals surface area contributed by atoms with Crippen molar-refractivity contribution in [2.24, 2.45) is 0 Å². The van der Waals surface area contributed by atoms with Crippen LogP contribution in [0.3, 0.4) is 0 Å². The predicted molar refractivity (Wildman–Crippen MR) is 164 cm³/mol. The van der Waals surface area contributed by atoms with Crippen molar-refractivity contribution < 1.29 is 18.1 Å². The van der Waals surface area contributed by atoms with E-state index in [2.05, 4.69) is 15.9 Å². The van der Waals surface area contributed by atoms with Gasteiger partial charge in [-0.1, -0.05) is 59.6 Å². The monoisotopic (exact) mass is 619 g/mol. The molecule has 220 valence electrons. The standard InChI is InChI=1S/C31H36Cl2FN3O3S/c1-35(2)19-27(16-22-7-9-25(32)10-8-22)36(20-28-29(33)11-12-30(40-3)31(28)34)17-23-5-4-6-24(15-23)18-37-26(21-38)13-14-41(37)39/h4-12,15,21,26-27H,13-14,16-20H2,1-3H3/t26?,27-,41?/m0/s1. The lowest BCUT2D eigenvalue weighted by Crippen LogP contribution is -2.43. The highest BCUT2D eigenvalue weighted by atomic mass is 35.5. The molecule has 10 heteroatoms. The van der Waals surface area contributed by atoms with Gasteiger partial charge >= 0.3 is 0 Å². The normalized spacial score (nSPS) is 18.2. The number of carbonyl (C=O) groups is 1. The van der Waals surface area contributed by atoms with Gasteiger partial charge in [-0.25, -0.2) is 12.9 Å². The summed E-state index contributed by atoms with van der Waals surface area (Å²) in [5, 5.41) is 1.01. The molecule has 0 radical (unpaired) electrons. The SMILES string of the molecule is COc1ccc(Cl)c(CN(Cc2cccc(CN3C(C=O)CCS3=O)c2)[C@@H](Cc2ccc(Cl)cc2)CN(C)C)c1F. The highest BCUT2D eigenvalue weighted by Gasteiger charge is 2.31. The lowest BCUT2D eigenvalue weighted by molar-refractivity contribution is -0.110.